The molecule has 5 heteroatoms. The summed E-state index contributed by atoms with van der Waals surface area (Å²) in [6.07, 6.45) is 0. The molecule has 0 bridgehead atoms. The van der Waals surface area contributed by atoms with Gasteiger partial charge in [-0.3, -0.25) is 0 Å². The summed E-state index contributed by atoms with van der Waals surface area (Å²) in [4.78, 5) is 2.40. The van der Waals surface area contributed by atoms with Gasteiger partial charge in [-0.15, -0.1) is 0 Å². The van der Waals surface area contributed by atoms with E-state index in [1.54, 1.807) is 7.11 Å². The van der Waals surface area contributed by atoms with Crippen molar-refractivity contribution in [2.24, 2.45) is 0 Å². The summed E-state index contributed by atoms with van der Waals surface area (Å²) < 4.78 is 5.32. The van der Waals surface area contributed by atoms with E-state index >= 15 is 0 Å². The predicted octanol–water partition coefficient (Wildman–Crippen LogP) is 3.41. The number of nitrogens with one attached hydrogen (secondary N) is 1. The van der Waals surface area contributed by atoms with Crippen molar-refractivity contribution < 1.29 is 4.74 Å². The van der Waals surface area contributed by atoms with Crippen LogP contribution < -0.4 is 10.2 Å². The fourth-order valence-corrected chi connectivity index (χ4v) is 3.98. The zero-order valence-corrected chi connectivity index (χ0v) is 14.7. The predicted molar refractivity (Wildman–Crippen MR) is 93.8 cm³/mol. The number of methoxy groups -OCH3 is 1. The summed E-state index contributed by atoms with van der Waals surface area (Å²) in [5.74, 6) is 1.16. The van der Waals surface area contributed by atoms with Gasteiger partial charge in [-0.25, -0.2) is 0 Å². The molecule has 0 saturated carbocycles. The van der Waals surface area contributed by atoms with E-state index in [0.29, 0.717) is 4.75 Å². The minimum atomic E-state index is 0.294. The Morgan fingerprint density at radius 2 is 2.24 bits per heavy atom. The molecule has 1 saturated heterocycles. The van der Waals surface area contributed by atoms with Gasteiger partial charge in [0.15, 0.2) is 0 Å². The smallest absolute Gasteiger partial charge is 0.0642 e. The molecule has 118 valence electrons. The van der Waals surface area contributed by atoms with Crippen LogP contribution in [0.3, 0.4) is 0 Å². The van der Waals surface area contributed by atoms with Crippen molar-refractivity contribution in [3.05, 3.63) is 28.8 Å². The monoisotopic (exact) mass is 328 g/mol. The van der Waals surface area contributed by atoms with Crippen LogP contribution >= 0.6 is 23.4 Å². The normalized spacial score (nSPS) is 18.0. The lowest BCUT2D eigenvalue weighted by atomic mass is 10.1. The summed E-state index contributed by atoms with van der Waals surface area (Å²) in [5, 5.41) is 4.19. The zero-order valence-electron chi connectivity index (χ0n) is 13.1. The highest BCUT2D eigenvalue weighted by molar-refractivity contribution is 8.00. The SMILES string of the molecule is COCCNCc1ccc(N2CCSC(C)(C)C2)c(Cl)c1. The van der Waals surface area contributed by atoms with E-state index < -0.39 is 0 Å². The lowest BCUT2D eigenvalue weighted by molar-refractivity contribution is 0.199. The molecule has 2 rings (SSSR count). The Hall–Kier alpha value is -0.420. The second kappa shape index (κ2) is 7.73. The van der Waals surface area contributed by atoms with E-state index in [2.05, 4.69) is 42.3 Å². The van der Waals surface area contributed by atoms with Crippen molar-refractivity contribution in [3.8, 4) is 0 Å². The van der Waals surface area contributed by atoms with Crippen LogP contribution in [0.5, 0.6) is 0 Å². The summed E-state index contributed by atoms with van der Waals surface area (Å²) in [7, 11) is 1.71. The van der Waals surface area contributed by atoms with Crippen LogP contribution in [0.2, 0.25) is 5.02 Å². The van der Waals surface area contributed by atoms with Gasteiger partial charge in [0.2, 0.25) is 0 Å². The molecule has 0 atom stereocenters. The highest BCUT2D eigenvalue weighted by Crippen LogP contribution is 2.35. The van der Waals surface area contributed by atoms with Crippen molar-refractivity contribution >= 4 is 29.1 Å². The first-order valence-electron chi connectivity index (χ1n) is 7.39. The molecule has 0 amide bonds. The molecule has 1 aromatic carbocycles. The van der Waals surface area contributed by atoms with Gasteiger partial charge in [0.1, 0.15) is 0 Å². The van der Waals surface area contributed by atoms with Crippen LogP contribution in [0.4, 0.5) is 5.69 Å². The molecule has 1 heterocycles. The molecular weight excluding hydrogens is 304 g/mol. The van der Waals surface area contributed by atoms with Crippen LogP contribution in [0.1, 0.15) is 19.4 Å². The average Bonchev–Trinajstić information content (AvgIpc) is 2.42. The standard InChI is InChI=1S/C16H25ClN2OS/c1-16(2)12-19(7-9-21-16)15-5-4-13(10-14(15)17)11-18-6-8-20-3/h4-5,10,18H,6-9,11-12H2,1-3H3. The second-order valence-electron chi connectivity index (χ2n) is 5.99. The Balaban J connectivity index is 1.98. The maximum absolute atomic E-state index is 6.49. The molecule has 1 aliphatic heterocycles. The summed E-state index contributed by atoms with van der Waals surface area (Å²) >= 11 is 8.53. The molecule has 1 fully saturated rings. The second-order valence-corrected chi connectivity index (χ2v) is 8.19. The first-order chi connectivity index (χ1) is 10.0. The third-order valence-electron chi connectivity index (χ3n) is 3.59. The fourth-order valence-electron chi connectivity index (χ4n) is 2.55. The van der Waals surface area contributed by atoms with Gasteiger partial charge in [-0.2, -0.15) is 11.8 Å². The molecule has 21 heavy (non-hydrogen) atoms. The zero-order chi connectivity index (χ0) is 15.3. The number of thioether (sulfide) groups is 1. The Labute approximate surface area is 137 Å². The lowest BCUT2D eigenvalue weighted by Crippen LogP contribution is -2.43. The highest BCUT2D eigenvalue weighted by atomic mass is 35.5. The third-order valence-corrected chi connectivity index (χ3v) is 5.19. The van der Waals surface area contributed by atoms with E-state index in [0.717, 1.165) is 49.2 Å². The Bertz CT molecular complexity index is 468. The van der Waals surface area contributed by atoms with E-state index in [9.17, 15) is 0 Å². The lowest BCUT2D eigenvalue weighted by Gasteiger charge is -2.39. The van der Waals surface area contributed by atoms with E-state index in [-0.39, 0.29) is 0 Å². The number of hydrogen-bond acceptors (Lipinski definition) is 4. The number of nitrogens with zero attached hydrogens (tertiary/aromatic N) is 1. The van der Waals surface area contributed by atoms with Crippen molar-refractivity contribution in [1.82, 2.24) is 5.32 Å². The maximum atomic E-state index is 6.49. The summed E-state index contributed by atoms with van der Waals surface area (Å²) in [6, 6.07) is 6.39. The number of hydrogen-bond donors (Lipinski definition) is 1. The molecule has 0 aromatic heterocycles. The molecule has 1 N–H and O–H groups in total. The molecule has 1 aromatic rings. The summed E-state index contributed by atoms with van der Waals surface area (Å²) in [5.41, 5.74) is 2.37. The fraction of sp³-hybridized carbons (Fsp3) is 0.625. The first-order valence-corrected chi connectivity index (χ1v) is 8.75. The van der Waals surface area contributed by atoms with Gasteiger partial charge in [0, 0.05) is 43.8 Å². The minimum Gasteiger partial charge on any atom is -0.383 e. The van der Waals surface area contributed by atoms with Crippen LogP contribution in [0, 0.1) is 0 Å². The van der Waals surface area contributed by atoms with Gasteiger partial charge >= 0.3 is 0 Å². The number of ether oxygens (including phenoxy) is 1. The van der Waals surface area contributed by atoms with E-state index in [1.165, 1.54) is 5.56 Å². The molecule has 1 aliphatic rings. The molecule has 0 unspecified atom stereocenters. The van der Waals surface area contributed by atoms with Gasteiger partial charge in [-0.1, -0.05) is 17.7 Å². The van der Waals surface area contributed by atoms with Gasteiger partial charge in [0.05, 0.1) is 17.3 Å². The van der Waals surface area contributed by atoms with Crippen molar-refractivity contribution in [2.45, 2.75) is 25.1 Å². The molecular formula is C16H25ClN2OS. The van der Waals surface area contributed by atoms with Crippen molar-refractivity contribution in [1.29, 1.82) is 0 Å². The Morgan fingerprint density at radius 3 is 2.90 bits per heavy atom. The topological polar surface area (TPSA) is 24.5 Å². The summed E-state index contributed by atoms with van der Waals surface area (Å²) in [6.45, 7) is 9.12. The van der Waals surface area contributed by atoms with Crippen molar-refractivity contribution in [3.63, 3.8) is 0 Å². The number of halogens is 1. The van der Waals surface area contributed by atoms with Gasteiger partial charge in [-0.05, 0) is 31.5 Å². The average molecular weight is 329 g/mol. The Morgan fingerprint density at radius 1 is 1.43 bits per heavy atom. The van der Waals surface area contributed by atoms with Gasteiger partial charge < -0.3 is 15.0 Å². The van der Waals surface area contributed by atoms with Crippen molar-refractivity contribution in [2.75, 3.05) is 44.0 Å². The third kappa shape index (κ3) is 5.06. The van der Waals surface area contributed by atoms with Crippen LogP contribution in [-0.4, -0.2) is 43.9 Å². The minimum absolute atomic E-state index is 0.294. The van der Waals surface area contributed by atoms with Crippen LogP contribution in [0.25, 0.3) is 0 Å². The molecule has 3 nitrogen and oxygen atoms in total. The number of rotatable bonds is 6. The quantitative estimate of drug-likeness (QED) is 0.809. The highest BCUT2D eigenvalue weighted by Gasteiger charge is 2.27. The number of anilines is 1. The van der Waals surface area contributed by atoms with Crippen LogP contribution in [0.15, 0.2) is 18.2 Å². The van der Waals surface area contributed by atoms with E-state index in [1.807, 2.05) is 11.8 Å². The molecule has 0 spiro atoms. The first kappa shape index (κ1) is 16.9. The number of benzene rings is 1. The Kier molecular flexibility index (Phi) is 6.23. The van der Waals surface area contributed by atoms with Crippen LogP contribution in [-0.2, 0) is 11.3 Å². The van der Waals surface area contributed by atoms with E-state index in [4.69, 9.17) is 16.3 Å². The molecule has 0 aliphatic carbocycles. The maximum Gasteiger partial charge on any atom is 0.0642 e. The molecule has 0 radical (unpaired) electrons. The largest absolute Gasteiger partial charge is 0.383 e. The van der Waals surface area contributed by atoms with Gasteiger partial charge in [0.25, 0.3) is 0 Å².